The second-order valence-electron chi connectivity index (χ2n) is 10.2. The monoisotopic (exact) mass is 528 g/mol. The van der Waals surface area contributed by atoms with Gasteiger partial charge in [-0.25, -0.2) is 4.79 Å². The summed E-state index contributed by atoms with van der Waals surface area (Å²) in [5.74, 6) is -0.0589. The average Bonchev–Trinajstić information content (AvgIpc) is 2.99. The molecule has 8 heteroatoms. The Morgan fingerprint density at radius 3 is 2.51 bits per heavy atom. The van der Waals surface area contributed by atoms with Crippen LogP contribution in [-0.2, 0) is 17.9 Å². The number of carbonyl (C=O) groups excluding carboxylic acids is 2. The van der Waals surface area contributed by atoms with Gasteiger partial charge in [0.1, 0.15) is 6.61 Å². The molecule has 0 radical (unpaired) electrons. The Bertz CT molecular complexity index is 1290. The van der Waals surface area contributed by atoms with Crippen molar-refractivity contribution < 1.29 is 19.5 Å². The maximum absolute atomic E-state index is 13.5. The first kappa shape index (κ1) is 26.6. The molecule has 204 valence electrons. The number of piperidine rings is 1. The van der Waals surface area contributed by atoms with Gasteiger partial charge < -0.3 is 14.5 Å². The molecule has 1 saturated heterocycles. The SMILES string of the molecule is CCCCN(Cc1ccccc1)C(=O)c1ccc(N2CCC(N3C(=O)OCc4ccccc43)CC2)c(NO)c1. The Hall–Kier alpha value is -4.04. The molecule has 2 aliphatic rings. The van der Waals surface area contributed by atoms with Gasteiger partial charge in [-0.3, -0.25) is 20.4 Å². The molecule has 0 aliphatic carbocycles. The summed E-state index contributed by atoms with van der Waals surface area (Å²) in [6, 6.07) is 23.4. The van der Waals surface area contributed by atoms with Gasteiger partial charge in [0.05, 0.1) is 17.1 Å². The van der Waals surface area contributed by atoms with Crippen LogP contribution in [0, 0.1) is 0 Å². The van der Waals surface area contributed by atoms with E-state index in [0.717, 1.165) is 48.2 Å². The molecule has 0 saturated carbocycles. The number of para-hydroxylation sites is 1. The van der Waals surface area contributed by atoms with Gasteiger partial charge in [-0.05, 0) is 49.1 Å². The third kappa shape index (κ3) is 5.86. The number of cyclic esters (lactones) is 1. The van der Waals surface area contributed by atoms with Crippen LogP contribution < -0.4 is 15.3 Å². The number of hydrogen-bond donors (Lipinski definition) is 2. The number of nitrogens with one attached hydrogen (secondary N) is 1. The van der Waals surface area contributed by atoms with Crippen LogP contribution in [0.4, 0.5) is 21.9 Å². The summed E-state index contributed by atoms with van der Waals surface area (Å²) in [5, 5.41) is 10.00. The Balaban J connectivity index is 1.29. The number of hydrogen-bond acceptors (Lipinski definition) is 6. The summed E-state index contributed by atoms with van der Waals surface area (Å²) in [4.78, 5) is 32.0. The molecule has 8 nitrogen and oxygen atoms in total. The molecular formula is C31H36N4O4. The van der Waals surface area contributed by atoms with E-state index in [4.69, 9.17) is 4.74 Å². The highest BCUT2D eigenvalue weighted by molar-refractivity contribution is 5.96. The first-order valence-corrected chi connectivity index (χ1v) is 13.7. The maximum Gasteiger partial charge on any atom is 0.414 e. The molecule has 3 aromatic rings. The maximum atomic E-state index is 13.5. The predicted molar refractivity (Wildman–Crippen MR) is 152 cm³/mol. The predicted octanol–water partition coefficient (Wildman–Crippen LogP) is 6.06. The largest absolute Gasteiger partial charge is 0.444 e. The van der Waals surface area contributed by atoms with Crippen molar-refractivity contribution in [2.45, 2.75) is 51.8 Å². The van der Waals surface area contributed by atoms with Gasteiger partial charge in [-0.1, -0.05) is 61.9 Å². The van der Waals surface area contributed by atoms with Crippen LogP contribution in [0.5, 0.6) is 0 Å². The highest BCUT2D eigenvalue weighted by Crippen LogP contribution is 2.35. The lowest BCUT2D eigenvalue weighted by Crippen LogP contribution is -2.49. The van der Waals surface area contributed by atoms with Crippen LogP contribution in [0.25, 0.3) is 0 Å². The van der Waals surface area contributed by atoms with Crippen molar-refractivity contribution in [2.75, 3.05) is 34.9 Å². The molecule has 0 unspecified atom stereocenters. The molecule has 0 bridgehead atoms. The fraction of sp³-hybridized carbons (Fsp3) is 0.355. The number of unbranched alkanes of at least 4 members (excludes halogenated alkanes) is 1. The summed E-state index contributed by atoms with van der Waals surface area (Å²) in [5.41, 5.74) is 7.21. The number of ether oxygens (including phenoxy) is 1. The third-order valence-electron chi connectivity index (χ3n) is 7.62. The van der Waals surface area contributed by atoms with E-state index >= 15 is 0 Å². The second kappa shape index (κ2) is 12.2. The fourth-order valence-corrected chi connectivity index (χ4v) is 5.51. The van der Waals surface area contributed by atoms with Crippen LogP contribution >= 0.6 is 0 Å². The van der Waals surface area contributed by atoms with E-state index in [9.17, 15) is 14.8 Å². The zero-order chi connectivity index (χ0) is 27.2. The van der Waals surface area contributed by atoms with Gasteiger partial charge in [0, 0.05) is 43.3 Å². The van der Waals surface area contributed by atoms with E-state index in [1.54, 1.807) is 11.0 Å². The molecule has 1 fully saturated rings. The van der Waals surface area contributed by atoms with Crippen molar-refractivity contribution in [1.29, 1.82) is 0 Å². The first-order chi connectivity index (χ1) is 19.1. The minimum atomic E-state index is -0.296. The molecule has 2 heterocycles. The lowest BCUT2D eigenvalue weighted by molar-refractivity contribution is 0.0741. The quantitative estimate of drug-likeness (QED) is 0.329. The summed E-state index contributed by atoms with van der Waals surface area (Å²) in [7, 11) is 0. The van der Waals surface area contributed by atoms with E-state index in [-0.39, 0.29) is 18.0 Å². The van der Waals surface area contributed by atoms with E-state index in [1.807, 2.05) is 71.6 Å². The van der Waals surface area contributed by atoms with Crippen molar-refractivity contribution in [3.63, 3.8) is 0 Å². The van der Waals surface area contributed by atoms with Crippen molar-refractivity contribution in [2.24, 2.45) is 0 Å². The zero-order valence-electron chi connectivity index (χ0n) is 22.4. The molecule has 5 rings (SSSR count). The van der Waals surface area contributed by atoms with E-state index in [0.29, 0.717) is 44.0 Å². The molecule has 39 heavy (non-hydrogen) atoms. The van der Waals surface area contributed by atoms with Crippen molar-refractivity contribution in [1.82, 2.24) is 4.90 Å². The van der Waals surface area contributed by atoms with Gasteiger partial charge in [0.15, 0.2) is 0 Å². The molecule has 2 aliphatic heterocycles. The number of fused-ring (bicyclic) bond motifs is 1. The van der Waals surface area contributed by atoms with Crippen LogP contribution in [0.1, 0.15) is 54.1 Å². The molecule has 0 atom stereocenters. The lowest BCUT2D eigenvalue weighted by atomic mass is 9.99. The van der Waals surface area contributed by atoms with E-state index in [2.05, 4.69) is 17.3 Å². The van der Waals surface area contributed by atoms with E-state index in [1.165, 1.54) is 0 Å². The smallest absolute Gasteiger partial charge is 0.414 e. The van der Waals surface area contributed by atoms with Crippen molar-refractivity contribution in [3.05, 3.63) is 89.5 Å². The number of nitrogens with zero attached hydrogens (tertiary/aromatic N) is 3. The summed E-state index contributed by atoms with van der Waals surface area (Å²) in [6.07, 6.45) is 3.15. The summed E-state index contributed by atoms with van der Waals surface area (Å²) >= 11 is 0. The normalized spacial score (nSPS) is 15.5. The number of benzene rings is 3. The van der Waals surface area contributed by atoms with Gasteiger partial charge in [-0.15, -0.1) is 0 Å². The highest BCUT2D eigenvalue weighted by atomic mass is 16.6. The molecule has 0 aromatic heterocycles. The third-order valence-corrected chi connectivity index (χ3v) is 7.62. The number of amides is 2. The lowest BCUT2D eigenvalue weighted by Gasteiger charge is -2.41. The van der Waals surface area contributed by atoms with Crippen molar-refractivity contribution >= 4 is 29.1 Å². The standard InChI is InChI=1S/C31H36N4O4/c1-2-3-17-34(21-23-9-5-4-6-10-23)30(36)24-13-14-29(27(20-24)32-38)33-18-15-26(16-19-33)35-28-12-8-7-11-25(28)22-39-31(35)37/h4-14,20,26,32,38H,2-3,15-19,21-22H2,1H3. The van der Waals surface area contributed by atoms with Crippen molar-refractivity contribution in [3.8, 4) is 0 Å². The molecular weight excluding hydrogens is 492 g/mol. The van der Waals surface area contributed by atoms with Gasteiger partial charge in [0.25, 0.3) is 5.91 Å². The topological polar surface area (TPSA) is 85.4 Å². The number of carbonyl (C=O) groups is 2. The van der Waals surface area contributed by atoms with Crippen LogP contribution in [0.3, 0.4) is 0 Å². The van der Waals surface area contributed by atoms with Gasteiger partial charge in [0.2, 0.25) is 0 Å². The fourth-order valence-electron chi connectivity index (χ4n) is 5.51. The second-order valence-corrected chi connectivity index (χ2v) is 10.2. The molecule has 0 spiro atoms. The Kier molecular flexibility index (Phi) is 8.32. The number of anilines is 3. The van der Waals surface area contributed by atoms with Crippen LogP contribution in [0.2, 0.25) is 0 Å². The Morgan fingerprint density at radius 2 is 1.77 bits per heavy atom. The van der Waals surface area contributed by atoms with E-state index < -0.39 is 0 Å². The van der Waals surface area contributed by atoms with Crippen LogP contribution in [-0.4, -0.2) is 47.8 Å². The van der Waals surface area contributed by atoms with Crippen LogP contribution in [0.15, 0.2) is 72.8 Å². The minimum absolute atomic E-state index is 0.0340. The zero-order valence-corrected chi connectivity index (χ0v) is 22.4. The summed E-state index contributed by atoms with van der Waals surface area (Å²) < 4.78 is 5.43. The Labute approximate surface area is 229 Å². The average molecular weight is 529 g/mol. The van der Waals surface area contributed by atoms with Gasteiger partial charge >= 0.3 is 6.09 Å². The molecule has 2 N–H and O–H groups in total. The Morgan fingerprint density at radius 1 is 1.03 bits per heavy atom. The highest BCUT2D eigenvalue weighted by Gasteiger charge is 2.34. The minimum Gasteiger partial charge on any atom is -0.444 e. The number of rotatable bonds is 9. The first-order valence-electron chi connectivity index (χ1n) is 13.7. The molecule has 2 amide bonds. The van der Waals surface area contributed by atoms with Gasteiger partial charge in [-0.2, -0.15) is 0 Å². The summed E-state index contributed by atoms with van der Waals surface area (Å²) in [6.45, 7) is 5.04. The molecule has 3 aromatic carbocycles.